The molecular weight excluding hydrogens is 837 g/mol. The molecule has 2 aliphatic rings. The number of aliphatic carboxylic acids is 2. The summed E-state index contributed by atoms with van der Waals surface area (Å²) < 4.78 is 23.1. The predicted octanol–water partition coefficient (Wildman–Crippen LogP) is 14.1. The zero-order chi connectivity index (χ0) is 47.2. The molecule has 2 N–H and O–H groups in total. The Morgan fingerprint density at radius 2 is 0.925 bits per heavy atom. The van der Waals surface area contributed by atoms with Crippen LogP contribution in [-0.4, -0.2) is 36.4 Å². The molecule has 352 valence electrons. The van der Waals surface area contributed by atoms with Gasteiger partial charge in [0.2, 0.25) is 0 Å². The highest BCUT2D eigenvalue weighted by Crippen LogP contribution is 2.41. The number of carboxylic acid groups (broad SMARTS) is 2. The molecular formula is C59H68O8. The van der Waals surface area contributed by atoms with Gasteiger partial charge in [-0.15, -0.1) is 0 Å². The SMILES string of the molecule is C.COc1cccc(-c2ccc(COc3ccc4c(c3)[C@@H](CC(=O)O)CC4)cc2C(C)(C)C)c1.COc1cccc(-c2ccc(COc3ccc4c(c3)[C@H](CC(=O)O)CC4)cc2C(C)(C)C)c1. The highest BCUT2D eigenvalue weighted by molar-refractivity contribution is 5.72. The summed E-state index contributed by atoms with van der Waals surface area (Å²) in [7, 11) is 3.38. The third-order valence-electron chi connectivity index (χ3n) is 12.8. The van der Waals surface area contributed by atoms with Crippen molar-refractivity contribution in [2.75, 3.05) is 14.2 Å². The molecule has 8 nitrogen and oxygen atoms in total. The molecule has 6 aromatic rings. The summed E-state index contributed by atoms with van der Waals surface area (Å²) in [6, 6.07) is 41.6. The third-order valence-corrected chi connectivity index (χ3v) is 12.8. The van der Waals surface area contributed by atoms with Gasteiger partial charge in [0.25, 0.3) is 0 Å². The number of aryl methyl sites for hydroxylation is 2. The lowest BCUT2D eigenvalue weighted by Crippen LogP contribution is -2.14. The van der Waals surface area contributed by atoms with Gasteiger partial charge in [0, 0.05) is 0 Å². The summed E-state index contributed by atoms with van der Waals surface area (Å²) in [6.07, 6.45) is 4.02. The molecule has 0 heterocycles. The molecule has 0 saturated carbocycles. The van der Waals surface area contributed by atoms with Crippen LogP contribution < -0.4 is 18.9 Å². The van der Waals surface area contributed by atoms with Gasteiger partial charge in [-0.2, -0.15) is 0 Å². The van der Waals surface area contributed by atoms with Gasteiger partial charge in [-0.05, 0) is 164 Å². The minimum Gasteiger partial charge on any atom is -0.497 e. The Balaban J connectivity index is 0.000000218. The van der Waals surface area contributed by atoms with Crippen molar-refractivity contribution in [2.24, 2.45) is 0 Å². The van der Waals surface area contributed by atoms with Gasteiger partial charge in [0.15, 0.2) is 0 Å². The number of fused-ring (bicyclic) bond motifs is 2. The molecule has 0 radical (unpaired) electrons. The van der Waals surface area contributed by atoms with Crippen LogP contribution in [0.15, 0.2) is 121 Å². The van der Waals surface area contributed by atoms with E-state index in [0.29, 0.717) is 13.2 Å². The van der Waals surface area contributed by atoms with Gasteiger partial charge in [0.05, 0.1) is 27.1 Å². The van der Waals surface area contributed by atoms with E-state index in [1.165, 1.54) is 33.4 Å². The molecule has 8 rings (SSSR count). The van der Waals surface area contributed by atoms with E-state index < -0.39 is 11.9 Å². The summed E-state index contributed by atoms with van der Waals surface area (Å²) in [6.45, 7) is 14.3. The highest BCUT2D eigenvalue weighted by atomic mass is 16.5. The maximum absolute atomic E-state index is 11.2. The van der Waals surface area contributed by atoms with Gasteiger partial charge < -0.3 is 29.2 Å². The first-order valence-electron chi connectivity index (χ1n) is 23.0. The smallest absolute Gasteiger partial charge is 0.303 e. The first kappa shape index (κ1) is 49.9. The number of carboxylic acids is 2. The molecule has 0 aromatic heterocycles. The Hall–Kier alpha value is -6.54. The number of rotatable bonds is 14. The number of benzene rings is 6. The van der Waals surface area contributed by atoms with Gasteiger partial charge in [0.1, 0.15) is 36.2 Å². The lowest BCUT2D eigenvalue weighted by molar-refractivity contribution is -0.138. The Bertz CT molecular complexity index is 2500. The summed E-state index contributed by atoms with van der Waals surface area (Å²) in [5, 5.41) is 18.4. The molecule has 0 aliphatic heterocycles. The van der Waals surface area contributed by atoms with Crippen LogP contribution in [0.25, 0.3) is 22.3 Å². The fourth-order valence-corrected chi connectivity index (χ4v) is 9.38. The number of carbonyl (C=O) groups is 2. The average molecular weight is 905 g/mol. The molecule has 0 spiro atoms. The van der Waals surface area contributed by atoms with Crippen molar-refractivity contribution in [3.05, 3.63) is 166 Å². The van der Waals surface area contributed by atoms with Crippen LogP contribution in [-0.2, 0) is 46.5 Å². The van der Waals surface area contributed by atoms with E-state index in [1.54, 1.807) is 14.2 Å². The average Bonchev–Trinajstić information content (AvgIpc) is 3.89. The molecule has 0 saturated heterocycles. The molecule has 0 unspecified atom stereocenters. The van der Waals surface area contributed by atoms with Crippen LogP contribution >= 0.6 is 0 Å². The van der Waals surface area contributed by atoms with Crippen LogP contribution in [0, 0.1) is 0 Å². The Morgan fingerprint density at radius 3 is 1.28 bits per heavy atom. The van der Waals surface area contributed by atoms with Crippen molar-refractivity contribution in [1.29, 1.82) is 0 Å². The van der Waals surface area contributed by atoms with E-state index >= 15 is 0 Å². The first-order chi connectivity index (χ1) is 31.5. The zero-order valence-electron chi connectivity index (χ0n) is 39.7. The van der Waals surface area contributed by atoms with Crippen LogP contribution in [0.1, 0.15) is 131 Å². The number of hydrogen-bond acceptors (Lipinski definition) is 6. The predicted molar refractivity (Wildman–Crippen MR) is 269 cm³/mol. The normalized spacial score (nSPS) is 15.0. The third kappa shape index (κ3) is 12.5. The largest absolute Gasteiger partial charge is 0.497 e. The van der Waals surface area contributed by atoms with E-state index in [0.717, 1.165) is 82.1 Å². The zero-order valence-corrected chi connectivity index (χ0v) is 39.7. The lowest BCUT2D eigenvalue weighted by Gasteiger charge is -2.24. The lowest BCUT2D eigenvalue weighted by atomic mass is 9.81. The van der Waals surface area contributed by atoms with Crippen molar-refractivity contribution in [3.8, 4) is 45.3 Å². The van der Waals surface area contributed by atoms with E-state index in [2.05, 4.69) is 114 Å². The fourth-order valence-electron chi connectivity index (χ4n) is 9.38. The minimum atomic E-state index is -0.745. The summed E-state index contributed by atoms with van der Waals surface area (Å²) in [4.78, 5) is 22.4. The van der Waals surface area contributed by atoms with Gasteiger partial charge in [-0.3, -0.25) is 9.59 Å². The Labute approximate surface area is 397 Å². The summed E-state index contributed by atoms with van der Waals surface area (Å²) in [5.41, 5.74) is 14.0. The van der Waals surface area contributed by atoms with Gasteiger partial charge in [-0.1, -0.05) is 122 Å². The molecule has 0 fully saturated rings. The second kappa shape index (κ2) is 21.4. The fraction of sp³-hybridized carbons (Fsp3) is 0.356. The minimum absolute atomic E-state index is 0. The number of hydrogen-bond donors (Lipinski definition) is 2. The second-order valence-corrected chi connectivity index (χ2v) is 19.7. The summed E-state index contributed by atoms with van der Waals surface area (Å²) >= 11 is 0. The van der Waals surface area contributed by atoms with Crippen LogP contribution in [0.5, 0.6) is 23.0 Å². The molecule has 2 atom stereocenters. The second-order valence-electron chi connectivity index (χ2n) is 19.7. The molecule has 0 amide bonds. The van der Waals surface area contributed by atoms with Crippen molar-refractivity contribution in [2.45, 2.75) is 123 Å². The molecule has 8 heteroatoms. The summed E-state index contributed by atoms with van der Waals surface area (Å²) in [5.74, 6) is 1.94. The molecule has 6 aromatic carbocycles. The van der Waals surface area contributed by atoms with E-state index in [1.807, 2.05) is 48.5 Å². The van der Waals surface area contributed by atoms with Crippen LogP contribution in [0.4, 0.5) is 0 Å². The maximum atomic E-state index is 11.2. The van der Waals surface area contributed by atoms with Crippen molar-refractivity contribution in [3.63, 3.8) is 0 Å². The van der Waals surface area contributed by atoms with Gasteiger partial charge >= 0.3 is 11.9 Å². The molecule has 2 aliphatic carbocycles. The standard InChI is InChI=1S/2C29H32O4.CH4/c2*1-29(2,3)27-14-19(8-13-25(27)21-6-5-7-23(15-21)32-4)18-33-24-12-11-20-9-10-22(16-28(30)31)26(20)17-24;/h2*5-8,11-15,17,22H,9-10,16,18H2,1-4H3,(H,30,31);1H4/t2*22-;/m10./s1. The Kier molecular flexibility index (Phi) is 15.9. The van der Waals surface area contributed by atoms with Crippen molar-refractivity contribution >= 4 is 11.9 Å². The number of ether oxygens (including phenoxy) is 4. The monoisotopic (exact) mass is 904 g/mol. The van der Waals surface area contributed by atoms with E-state index in [4.69, 9.17) is 18.9 Å². The highest BCUT2D eigenvalue weighted by Gasteiger charge is 2.27. The van der Waals surface area contributed by atoms with Gasteiger partial charge in [-0.25, -0.2) is 0 Å². The molecule has 0 bridgehead atoms. The maximum Gasteiger partial charge on any atom is 0.303 e. The van der Waals surface area contributed by atoms with Crippen molar-refractivity contribution < 1.29 is 38.7 Å². The van der Waals surface area contributed by atoms with E-state index in [9.17, 15) is 19.8 Å². The van der Waals surface area contributed by atoms with Crippen molar-refractivity contribution in [1.82, 2.24) is 0 Å². The first-order valence-corrected chi connectivity index (χ1v) is 23.0. The topological polar surface area (TPSA) is 112 Å². The van der Waals surface area contributed by atoms with Crippen LogP contribution in [0.3, 0.4) is 0 Å². The van der Waals surface area contributed by atoms with E-state index in [-0.39, 0.29) is 42.9 Å². The quantitative estimate of drug-likeness (QED) is 0.111. The Morgan fingerprint density at radius 1 is 0.522 bits per heavy atom. The molecule has 67 heavy (non-hydrogen) atoms. The van der Waals surface area contributed by atoms with Crippen LogP contribution in [0.2, 0.25) is 0 Å². The number of methoxy groups -OCH3 is 2.